The highest BCUT2D eigenvalue weighted by atomic mass is 16.5. The third kappa shape index (κ3) is 3.38. The number of ether oxygens (including phenoxy) is 1. The Morgan fingerprint density at radius 2 is 1.86 bits per heavy atom. The Kier molecular flexibility index (Phi) is 4.30. The SMILES string of the molecule is CC(C)(C)c1nc(-c2ccncc2)cn1CC1CCOCC1. The van der Waals surface area contributed by atoms with E-state index in [2.05, 4.69) is 36.5 Å². The topological polar surface area (TPSA) is 39.9 Å². The van der Waals surface area contributed by atoms with Gasteiger partial charge < -0.3 is 9.30 Å². The lowest BCUT2D eigenvalue weighted by Crippen LogP contribution is -2.24. The molecule has 0 aromatic carbocycles. The van der Waals surface area contributed by atoms with E-state index in [0.29, 0.717) is 5.92 Å². The summed E-state index contributed by atoms with van der Waals surface area (Å²) in [6, 6.07) is 4.04. The quantitative estimate of drug-likeness (QED) is 0.868. The number of pyridine rings is 1. The second kappa shape index (κ2) is 6.21. The molecule has 3 rings (SSSR count). The summed E-state index contributed by atoms with van der Waals surface area (Å²) in [6.45, 7) is 9.50. The average Bonchev–Trinajstić information content (AvgIpc) is 2.93. The molecule has 1 fully saturated rings. The Labute approximate surface area is 132 Å². The van der Waals surface area contributed by atoms with Crippen LogP contribution in [0.5, 0.6) is 0 Å². The van der Waals surface area contributed by atoms with Crippen LogP contribution >= 0.6 is 0 Å². The van der Waals surface area contributed by atoms with Crippen molar-refractivity contribution in [1.82, 2.24) is 14.5 Å². The van der Waals surface area contributed by atoms with Crippen molar-refractivity contribution in [2.45, 2.75) is 45.6 Å². The first-order valence-corrected chi connectivity index (χ1v) is 8.10. The monoisotopic (exact) mass is 299 g/mol. The summed E-state index contributed by atoms with van der Waals surface area (Å²) in [6.07, 6.45) is 8.14. The lowest BCUT2D eigenvalue weighted by Gasteiger charge is -2.25. The molecule has 2 aromatic heterocycles. The van der Waals surface area contributed by atoms with E-state index in [1.165, 1.54) is 0 Å². The van der Waals surface area contributed by atoms with Gasteiger partial charge in [0.1, 0.15) is 5.82 Å². The fourth-order valence-electron chi connectivity index (χ4n) is 3.02. The lowest BCUT2D eigenvalue weighted by molar-refractivity contribution is 0.0608. The fourth-order valence-corrected chi connectivity index (χ4v) is 3.02. The van der Waals surface area contributed by atoms with E-state index in [0.717, 1.165) is 49.7 Å². The third-order valence-electron chi connectivity index (χ3n) is 4.22. The first-order chi connectivity index (χ1) is 10.5. The zero-order chi connectivity index (χ0) is 15.6. The van der Waals surface area contributed by atoms with Gasteiger partial charge in [-0.1, -0.05) is 20.8 Å². The largest absolute Gasteiger partial charge is 0.381 e. The van der Waals surface area contributed by atoms with Crippen LogP contribution < -0.4 is 0 Å². The van der Waals surface area contributed by atoms with Crippen LogP contribution in [0.15, 0.2) is 30.7 Å². The fraction of sp³-hybridized carbons (Fsp3) is 0.556. The van der Waals surface area contributed by atoms with Crippen LogP contribution in [0, 0.1) is 5.92 Å². The van der Waals surface area contributed by atoms with E-state index in [4.69, 9.17) is 9.72 Å². The maximum absolute atomic E-state index is 5.48. The van der Waals surface area contributed by atoms with Crippen LogP contribution in [0.1, 0.15) is 39.4 Å². The predicted molar refractivity (Wildman–Crippen MR) is 87.7 cm³/mol. The molecule has 0 amide bonds. The van der Waals surface area contributed by atoms with Crippen LogP contribution in [0.2, 0.25) is 0 Å². The molecular weight excluding hydrogens is 274 g/mol. The molecule has 0 bridgehead atoms. The molecule has 0 N–H and O–H groups in total. The van der Waals surface area contributed by atoms with Gasteiger partial charge in [-0.25, -0.2) is 4.98 Å². The maximum atomic E-state index is 5.48. The standard InChI is InChI=1S/C18H25N3O/c1-18(2,3)17-20-16(15-4-8-19-9-5-15)13-21(17)12-14-6-10-22-11-7-14/h4-5,8-9,13-14H,6-7,10-12H2,1-3H3. The van der Waals surface area contributed by atoms with Crippen LogP contribution in [-0.2, 0) is 16.7 Å². The molecule has 0 saturated carbocycles. The van der Waals surface area contributed by atoms with E-state index < -0.39 is 0 Å². The van der Waals surface area contributed by atoms with E-state index >= 15 is 0 Å². The Hall–Kier alpha value is -1.68. The second-order valence-electron chi connectivity index (χ2n) is 7.14. The van der Waals surface area contributed by atoms with Gasteiger partial charge in [0.15, 0.2) is 0 Å². The van der Waals surface area contributed by atoms with Crippen LogP contribution in [0.25, 0.3) is 11.3 Å². The first kappa shape index (κ1) is 15.2. The molecule has 0 atom stereocenters. The molecule has 3 heterocycles. The average molecular weight is 299 g/mol. The predicted octanol–water partition coefficient (Wildman–Crippen LogP) is 3.67. The molecule has 118 valence electrons. The summed E-state index contributed by atoms with van der Waals surface area (Å²) in [5, 5.41) is 0. The Morgan fingerprint density at radius 1 is 1.18 bits per heavy atom. The highest BCUT2D eigenvalue weighted by molar-refractivity contribution is 5.57. The summed E-state index contributed by atoms with van der Waals surface area (Å²) in [4.78, 5) is 9.02. The summed E-state index contributed by atoms with van der Waals surface area (Å²) >= 11 is 0. The van der Waals surface area contributed by atoms with Crippen LogP contribution in [0.4, 0.5) is 0 Å². The summed E-state index contributed by atoms with van der Waals surface area (Å²) in [5.74, 6) is 1.85. The zero-order valence-corrected chi connectivity index (χ0v) is 13.7. The van der Waals surface area contributed by atoms with Gasteiger partial charge in [0.25, 0.3) is 0 Å². The minimum Gasteiger partial charge on any atom is -0.381 e. The van der Waals surface area contributed by atoms with Crippen molar-refractivity contribution in [3.05, 3.63) is 36.5 Å². The third-order valence-corrected chi connectivity index (χ3v) is 4.22. The van der Waals surface area contributed by atoms with Crippen molar-refractivity contribution in [3.63, 3.8) is 0 Å². The van der Waals surface area contributed by atoms with E-state index in [9.17, 15) is 0 Å². The van der Waals surface area contributed by atoms with Gasteiger partial charge in [-0.15, -0.1) is 0 Å². The normalized spacial score (nSPS) is 16.9. The number of aromatic nitrogens is 3. The van der Waals surface area contributed by atoms with Gasteiger partial charge in [0, 0.05) is 49.3 Å². The summed E-state index contributed by atoms with van der Waals surface area (Å²) in [7, 11) is 0. The Bertz CT molecular complexity index is 607. The molecule has 1 aliphatic rings. The van der Waals surface area contributed by atoms with Crippen molar-refractivity contribution in [2.24, 2.45) is 5.92 Å². The highest BCUT2D eigenvalue weighted by Crippen LogP contribution is 2.28. The van der Waals surface area contributed by atoms with Crippen molar-refractivity contribution < 1.29 is 4.74 Å². The van der Waals surface area contributed by atoms with E-state index in [1.807, 2.05) is 24.5 Å². The number of hydrogen-bond donors (Lipinski definition) is 0. The minimum atomic E-state index is 0.0381. The van der Waals surface area contributed by atoms with Gasteiger partial charge in [-0.2, -0.15) is 0 Å². The van der Waals surface area contributed by atoms with E-state index in [1.54, 1.807) is 0 Å². The molecule has 2 aromatic rings. The molecule has 4 nitrogen and oxygen atoms in total. The zero-order valence-electron chi connectivity index (χ0n) is 13.7. The van der Waals surface area contributed by atoms with Crippen molar-refractivity contribution in [3.8, 4) is 11.3 Å². The molecular formula is C18H25N3O. The number of imidazole rings is 1. The Balaban J connectivity index is 1.91. The number of rotatable bonds is 3. The van der Waals surface area contributed by atoms with Gasteiger partial charge in [0.2, 0.25) is 0 Å². The number of nitrogens with zero attached hydrogens (tertiary/aromatic N) is 3. The highest BCUT2D eigenvalue weighted by Gasteiger charge is 2.24. The summed E-state index contributed by atoms with van der Waals surface area (Å²) in [5.41, 5.74) is 2.21. The van der Waals surface area contributed by atoms with E-state index in [-0.39, 0.29) is 5.41 Å². The lowest BCUT2D eigenvalue weighted by atomic mass is 9.94. The molecule has 1 saturated heterocycles. The van der Waals surface area contributed by atoms with Crippen molar-refractivity contribution in [1.29, 1.82) is 0 Å². The number of hydrogen-bond acceptors (Lipinski definition) is 3. The van der Waals surface area contributed by atoms with Gasteiger partial charge in [-0.3, -0.25) is 4.98 Å². The van der Waals surface area contributed by atoms with Crippen molar-refractivity contribution in [2.75, 3.05) is 13.2 Å². The summed E-state index contributed by atoms with van der Waals surface area (Å²) < 4.78 is 7.83. The molecule has 4 heteroatoms. The first-order valence-electron chi connectivity index (χ1n) is 8.10. The molecule has 1 aliphatic heterocycles. The molecule has 0 radical (unpaired) electrons. The Morgan fingerprint density at radius 3 is 2.50 bits per heavy atom. The van der Waals surface area contributed by atoms with Crippen LogP contribution in [-0.4, -0.2) is 27.7 Å². The molecule has 0 unspecified atom stereocenters. The van der Waals surface area contributed by atoms with Gasteiger partial charge in [0.05, 0.1) is 5.69 Å². The second-order valence-corrected chi connectivity index (χ2v) is 7.14. The molecule has 22 heavy (non-hydrogen) atoms. The minimum absolute atomic E-state index is 0.0381. The van der Waals surface area contributed by atoms with Crippen molar-refractivity contribution >= 4 is 0 Å². The molecule has 0 aliphatic carbocycles. The van der Waals surface area contributed by atoms with Crippen LogP contribution in [0.3, 0.4) is 0 Å². The van der Waals surface area contributed by atoms with Gasteiger partial charge >= 0.3 is 0 Å². The maximum Gasteiger partial charge on any atom is 0.114 e. The smallest absolute Gasteiger partial charge is 0.114 e. The van der Waals surface area contributed by atoms with Gasteiger partial charge in [-0.05, 0) is 30.9 Å². The molecule has 0 spiro atoms.